The quantitative estimate of drug-likeness (QED) is 0.662. The monoisotopic (exact) mass is 187 g/mol. The van der Waals surface area contributed by atoms with Crippen molar-refractivity contribution in [3.05, 3.63) is 29.8 Å². The molecule has 1 aromatic rings. The van der Waals surface area contributed by atoms with Crippen molar-refractivity contribution >= 4 is 5.69 Å². The maximum atomic E-state index is 8.92. The van der Waals surface area contributed by atoms with Gasteiger partial charge in [-0.05, 0) is 6.07 Å². The molecule has 0 aromatic heterocycles. The molecule has 1 heterocycles. The van der Waals surface area contributed by atoms with E-state index in [-0.39, 0.29) is 0 Å². The molecule has 1 aliphatic rings. The first-order valence-electron chi connectivity index (χ1n) is 4.65. The Morgan fingerprint density at radius 1 is 1.43 bits per heavy atom. The van der Waals surface area contributed by atoms with E-state index < -0.39 is 0 Å². The lowest BCUT2D eigenvalue weighted by Gasteiger charge is -2.29. The highest BCUT2D eigenvalue weighted by atomic mass is 16.5. The Morgan fingerprint density at radius 3 is 2.93 bits per heavy atom. The second kappa shape index (κ2) is 4.12. The third-order valence-corrected chi connectivity index (χ3v) is 2.28. The van der Waals surface area contributed by atoms with E-state index in [9.17, 15) is 0 Å². The van der Waals surface area contributed by atoms with Gasteiger partial charge in [0.05, 0.1) is 24.5 Å². The van der Waals surface area contributed by atoms with Gasteiger partial charge < -0.3 is 9.64 Å². The lowest BCUT2D eigenvalue weighted by atomic mass is 10.1. The molecule has 1 radical (unpaired) electrons. The Labute approximate surface area is 83.5 Å². The molecule has 71 valence electrons. The lowest BCUT2D eigenvalue weighted by Crippen LogP contribution is -2.36. The van der Waals surface area contributed by atoms with Crippen LogP contribution in [-0.4, -0.2) is 26.3 Å². The highest BCUT2D eigenvalue weighted by Crippen LogP contribution is 2.19. The molecule has 1 aromatic carbocycles. The summed E-state index contributed by atoms with van der Waals surface area (Å²) in [6.07, 6.45) is 0. The summed E-state index contributed by atoms with van der Waals surface area (Å²) in [6, 6.07) is 10.8. The smallest absolute Gasteiger partial charge is 0.101 e. The maximum absolute atomic E-state index is 8.92. The summed E-state index contributed by atoms with van der Waals surface area (Å²) in [6.45, 7) is 3.14. The van der Waals surface area contributed by atoms with Crippen molar-refractivity contribution in [2.45, 2.75) is 0 Å². The Bertz CT molecular complexity index is 351. The molecular weight excluding hydrogens is 176 g/mol. The number of hydrogen-bond acceptors (Lipinski definition) is 3. The number of ether oxygens (including phenoxy) is 1. The normalized spacial score (nSPS) is 16.4. The molecule has 0 aliphatic carbocycles. The van der Waals surface area contributed by atoms with Crippen LogP contribution in [0.2, 0.25) is 0 Å². The number of nitrogens with zero attached hydrogens (tertiary/aromatic N) is 2. The van der Waals surface area contributed by atoms with Gasteiger partial charge >= 0.3 is 0 Å². The van der Waals surface area contributed by atoms with Crippen molar-refractivity contribution in [2.24, 2.45) is 0 Å². The van der Waals surface area contributed by atoms with E-state index in [4.69, 9.17) is 10.00 Å². The highest BCUT2D eigenvalue weighted by molar-refractivity contribution is 5.58. The third-order valence-electron chi connectivity index (χ3n) is 2.28. The topological polar surface area (TPSA) is 36.3 Å². The molecule has 1 fully saturated rings. The van der Waals surface area contributed by atoms with Crippen molar-refractivity contribution in [3.8, 4) is 6.07 Å². The number of para-hydroxylation sites is 1. The number of morpholine rings is 1. The predicted octanol–water partition coefficient (Wildman–Crippen LogP) is 1.20. The molecule has 0 bridgehead atoms. The number of benzene rings is 1. The molecule has 1 aliphatic heterocycles. The van der Waals surface area contributed by atoms with Crippen LogP contribution in [0.5, 0.6) is 0 Å². The van der Waals surface area contributed by atoms with E-state index in [0.29, 0.717) is 5.56 Å². The molecule has 1 saturated heterocycles. The van der Waals surface area contributed by atoms with Crippen LogP contribution < -0.4 is 4.90 Å². The first-order valence-corrected chi connectivity index (χ1v) is 4.65. The first kappa shape index (κ1) is 9.04. The molecule has 0 unspecified atom stereocenters. The van der Waals surface area contributed by atoms with Gasteiger partial charge in [0, 0.05) is 19.2 Å². The van der Waals surface area contributed by atoms with Crippen LogP contribution in [0.15, 0.2) is 18.2 Å². The predicted molar refractivity (Wildman–Crippen MR) is 53.0 cm³/mol. The second-order valence-corrected chi connectivity index (χ2v) is 3.14. The summed E-state index contributed by atoms with van der Waals surface area (Å²) in [4.78, 5) is 2.14. The number of hydrogen-bond donors (Lipinski definition) is 0. The Morgan fingerprint density at radius 2 is 2.21 bits per heavy atom. The zero-order valence-corrected chi connectivity index (χ0v) is 7.86. The van der Waals surface area contributed by atoms with Crippen LogP contribution in [0, 0.1) is 17.4 Å². The standard InChI is InChI=1S/C11H11N2O/c12-9-10-3-1-2-4-11(10)13-5-7-14-8-6-13/h1-3H,5-8H2. The highest BCUT2D eigenvalue weighted by Gasteiger charge is 2.13. The molecular formula is C11H11N2O. The van der Waals surface area contributed by atoms with Crippen LogP contribution in [-0.2, 0) is 4.74 Å². The SMILES string of the molecule is N#Cc1ccc[c]c1N1CCOCC1. The van der Waals surface area contributed by atoms with E-state index in [2.05, 4.69) is 17.0 Å². The van der Waals surface area contributed by atoms with Gasteiger partial charge in [0.2, 0.25) is 0 Å². The van der Waals surface area contributed by atoms with E-state index >= 15 is 0 Å². The third kappa shape index (κ3) is 1.70. The Kier molecular flexibility index (Phi) is 2.66. The molecule has 0 amide bonds. The van der Waals surface area contributed by atoms with Crippen molar-refractivity contribution in [3.63, 3.8) is 0 Å². The Hall–Kier alpha value is -1.53. The van der Waals surface area contributed by atoms with Crippen LogP contribution in [0.4, 0.5) is 5.69 Å². The van der Waals surface area contributed by atoms with Crippen molar-refractivity contribution in [2.75, 3.05) is 31.2 Å². The largest absolute Gasteiger partial charge is 0.378 e. The molecule has 0 N–H and O–H groups in total. The van der Waals surface area contributed by atoms with E-state index in [1.165, 1.54) is 0 Å². The van der Waals surface area contributed by atoms with E-state index in [1.807, 2.05) is 18.2 Å². The van der Waals surface area contributed by atoms with Crippen molar-refractivity contribution in [1.82, 2.24) is 0 Å². The minimum atomic E-state index is 0.689. The van der Waals surface area contributed by atoms with Gasteiger partial charge in [0.25, 0.3) is 0 Å². The molecule has 0 saturated carbocycles. The zero-order valence-electron chi connectivity index (χ0n) is 7.86. The summed E-state index contributed by atoms with van der Waals surface area (Å²) in [5.74, 6) is 0. The molecule has 2 rings (SSSR count). The van der Waals surface area contributed by atoms with Crippen molar-refractivity contribution < 1.29 is 4.74 Å². The van der Waals surface area contributed by atoms with Crippen LogP contribution in [0.1, 0.15) is 5.56 Å². The van der Waals surface area contributed by atoms with Gasteiger partial charge in [-0.3, -0.25) is 0 Å². The van der Waals surface area contributed by atoms with Gasteiger partial charge in [0.15, 0.2) is 0 Å². The number of rotatable bonds is 1. The summed E-state index contributed by atoms with van der Waals surface area (Å²) >= 11 is 0. The first-order chi connectivity index (χ1) is 6.92. The average Bonchev–Trinajstić information content (AvgIpc) is 2.30. The zero-order chi connectivity index (χ0) is 9.80. The summed E-state index contributed by atoms with van der Waals surface area (Å²) in [7, 11) is 0. The maximum Gasteiger partial charge on any atom is 0.101 e. The van der Waals surface area contributed by atoms with Gasteiger partial charge in [-0.1, -0.05) is 12.1 Å². The van der Waals surface area contributed by atoms with Crippen LogP contribution >= 0.6 is 0 Å². The molecule has 3 heteroatoms. The van der Waals surface area contributed by atoms with E-state index in [0.717, 1.165) is 32.0 Å². The average molecular weight is 187 g/mol. The number of anilines is 1. The van der Waals surface area contributed by atoms with Crippen molar-refractivity contribution in [1.29, 1.82) is 5.26 Å². The fourth-order valence-electron chi connectivity index (χ4n) is 1.57. The van der Waals surface area contributed by atoms with Gasteiger partial charge in [-0.15, -0.1) is 0 Å². The van der Waals surface area contributed by atoms with Gasteiger partial charge in [-0.2, -0.15) is 5.26 Å². The molecule has 0 spiro atoms. The summed E-state index contributed by atoms with van der Waals surface area (Å²) in [5, 5.41) is 8.92. The second-order valence-electron chi connectivity index (χ2n) is 3.14. The van der Waals surface area contributed by atoms with E-state index in [1.54, 1.807) is 0 Å². The van der Waals surface area contributed by atoms with Gasteiger partial charge in [0.1, 0.15) is 6.07 Å². The van der Waals surface area contributed by atoms with Crippen LogP contribution in [0.25, 0.3) is 0 Å². The van der Waals surface area contributed by atoms with Gasteiger partial charge in [-0.25, -0.2) is 0 Å². The van der Waals surface area contributed by atoms with Crippen LogP contribution in [0.3, 0.4) is 0 Å². The summed E-state index contributed by atoms with van der Waals surface area (Å²) in [5.41, 5.74) is 1.59. The lowest BCUT2D eigenvalue weighted by molar-refractivity contribution is 0.122. The molecule has 14 heavy (non-hydrogen) atoms. The number of nitriles is 1. The fourth-order valence-corrected chi connectivity index (χ4v) is 1.57. The Balaban J connectivity index is 2.26. The minimum Gasteiger partial charge on any atom is -0.378 e. The molecule has 3 nitrogen and oxygen atoms in total. The fraction of sp³-hybridized carbons (Fsp3) is 0.364. The summed E-state index contributed by atoms with van der Waals surface area (Å²) < 4.78 is 5.26. The minimum absolute atomic E-state index is 0.689. The molecule has 0 atom stereocenters.